The molecule has 0 aliphatic rings. The van der Waals surface area contributed by atoms with Crippen LogP contribution in [0.5, 0.6) is 0 Å². The predicted octanol–water partition coefficient (Wildman–Crippen LogP) is 4.05. The maximum absolute atomic E-state index is 2.25. The monoisotopic (exact) mass is 174 g/mol. The van der Waals surface area contributed by atoms with E-state index in [1.54, 1.807) is 0 Å². The smallest absolute Gasteiger partial charge is 0.0260 e. The summed E-state index contributed by atoms with van der Waals surface area (Å²) >= 11 is 0. The largest absolute Gasteiger partial charge is 0.0837 e. The van der Waals surface area contributed by atoms with Crippen LogP contribution in [-0.2, 0) is 0 Å². The summed E-state index contributed by atoms with van der Waals surface area (Å²) in [6, 6.07) is 8.61. The predicted molar refractivity (Wildman–Crippen MR) is 59.7 cm³/mol. The van der Waals surface area contributed by atoms with Crippen molar-refractivity contribution in [3.8, 4) is 0 Å². The van der Waals surface area contributed by atoms with Gasteiger partial charge in [-0.1, -0.05) is 55.8 Å². The topological polar surface area (TPSA) is 0 Å². The number of aryl methyl sites for hydroxylation is 1. The minimum absolute atomic E-state index is 0.752. The molecule has 1 aromatic carbocycles. The Kier molecular flexibility index (Phi) is 3.75. The Bertz CT molecular complexity index is 265. The van der Waals surface area contributed by atoms with Crippen LogP contribution < -0.4 is 0 Å². The first-order chi connectivity index (χ1) is 6.18. The highest BCUT2D eigenvalue weighted by Gasteiger charge is 1.88. The van der Waals surface area contributed by atoms with Crippen LogP contribution in [0, 0.1) is 12.8 Å². The van der Waals surface area contributed by atoms with Crippen LogP contribution in [-0.4, -0.2) is 0 Å². The molecule has 0 heterocycles. The third-order valence-corrected chi connectivity index (χ3v) is 2.00. The van der Waals surface area contributed by atoms with Crippen LogP contribution in [0.2, 0.25) is 0 Å². The van der Waals surface area contributed by atoms with Gasteiger partial charge in [-0.2, -0.15) is 0 Å². The van der Waals surface area contributed by atoms with Gasteiger partial charge < -0.3 is 0 Å². The van der Waals surface area contributed by atoms with E-state index < -0.39 is 0 Å². The van der Waals surface area contributed by atoms with Gasteiger partial charge in [0.2, 0.25) is 0 Å². The highest BCUT2D eigenvalue weighted by atomic mass is 13.9. The molecular formula is C13H18. The van der Waals surface area contributed by atoms with E-state index in [0.29, 0.717) is 0 Å². The van der Waals surface area contributed by atoms with Crippen molar-refractivity contribution in [2.75, 3.05) is 0 Å². The number of hydrogen-bond acceptors (Lipinski definition) is 0. The molecule has 70 valence electrons. The molecule has 0 fully saturated rings. The van der Waals surface area contributed by atoms with Gasteiger partial charge >= 0.3 is 0 Å². The molecule has 0 atom stereocenters. The molecule has 0 N–H and O–H groups in total. The van der Waals surface area contributed by atoms with Gasteiger partial charge in [-0.15, -0.1) is 0 Å². The summed E-state index contributed by atoms with van der Waals surface area (Å²) in [7, 11) is 0. The molecule has 0 aliphatic carbocycles. The van der Waals surface area contributed by atoms with Gasteiger partial charge in [0, 0.05) is 0 Å². The lowest BCUT2D eigenvalue weighted by Gasteiger charge is -1.97. The first-order valence-corrected chi connectivity index (χ1v) is 4.91. The molecule has 0 saturated heterocycles. The molecular weight excluding hydrogens is 156 g/mol. The molecule has 1 rings (SSSR count). The fourth-order valence-electron chi connectivity index (χ4n) is 1.15. The third-order valence-electron chi connectivity index (χ3n) is 2.00. The van der Waals surface area contributed by atoms with E-state index in [0.717, 1.165) is 12.3 Å². The quantitative estimate of drug-likeness (QED) is 0.648. The maximum Gasteiger partial charge on any atom is -0.0260 e. The van der Waals surface area contributed by atoms with Crippen molar-refractivity contribution in [3.63, 3.8) is 0 Å². The second-order valence-electron chi connectivity index (χ2n) is 3.94. The van der Waals surface area contributed by atoms with Crippen LogP contribution >= 0.6 is 0 Å². The normalized spacial score (nSPS) is 11.4. The highest BCUT2D eigenvalue weighted by molar-refractivity contribution is 5.49. The first kappa shape index (κ1) is 10.0. The zero-order valence-corrected chi connectivity index (χ0v) is 8.75. The fourth-order valence-corrected chi connectivity index (χ4v) is 1.15. The van der Waals surface area contributed by atoms with E-state index in [1.807, 2.05) is 0 Å². The van der Waals surface area contributed by atoms with Crippen LogP contribution in [0.15, 0.2) is 30.3 Å². The van der Waals surface area contributed by atoms with Gasteiger partial charge in [-0.05, 0) is 24.8 Å². The Balaban J connectivity index is 2.54. The molecule has 0 aromatic heterocycles. The van der Waals surface area contributed by atoms with E-state index in [1.165, 1.54) is 11.1 Å². The summed E-state index contributed by atoms with van der Waals surface area (Å²) in [5, 5.41) is 0. The Labute approximate surface area is 81.3 Å². The molecule has 0 aliphatic heterocycles. The third kappa shape index (κ3) is 3.93. The standard InChI is InChI=1S/C13H18/c1-11(2)5-4-6-13-9-7-12(3)8-10-13/h4,6-11H,5H2,1-3H3. The van der Waals surface area contributed by atoms with Gasteiger partial charge in [0.15, 0.2) is 0 Å². The van der Waals surface area contributed by atoms with Crippen LogP contribution in [0.3, 0.4) is 0 Å². The van der Waals surface area contributed by atoms with Crippen LogP contribution in [0.4, 0.5) is 0 Å². The summed E-state index contributed by atoms with van der Waals surface area (Å²) in [6.07, 6.45) is 5.60. The van der Waals surface area contributed by atoms with Crippen molar-refractivity contribution in [2.45, 2.75) is 27.2 Å². The zero-order chi connectivity index (χ0) is 9.68. The Morgan fingerprint density at radius 3 is 2.31 bits per heavy atom. The number of benzene rings is 1. The van der Waals surface area contributed by atoms with E-state index in [9.17, 15) is 0 Å². The van der Waals surface area contributed by atoms with Crippen molar-refractivity contribution < 1.29 is 0 Å². The number of rotatable bonds is 3. The fraction of sp³-hybridized carbons (Fsp3) is 0.385. The van der Waals surface area contributed by atoms with Gasteiger partial charge in [0.25, 0.3) is 0 Å². The highest BCUT2D eigenvalue weighted by Crippen LogP contribution is 2.07. The Morgan fingerprint density at radius 2 is 1.77 bits per heavy atom. The van der Waals surface area contributed by atoms with Gasteiger partial charge in [0.1, 0.15) is 0 Å². The summed E-state index contributed by atoms with van der Waals surface area (Å²) in [5.74, 6) is 0.752. The molecule has 0 amide bonds. The lowest BCUT2D eigenvalue weighted by Crippen LogP contribution is -1.81. The molecule has 0 heteroatoms. The number of allylic oxidation sites excluding steroid dienone is 1. The van der Waals surface area contributed by atoms with Gasteiger partial charge in [-0.3, -0.25) is 0 Å². The summed E-state index contributed by atoms with van der Waals surface area (Å²) in [6.45, 7) is 6.58. The maximum atomic E-state index is 2.25. The second kappa shape index (κ2) is 4.86. The lowest BCUT2D eigenvalue weighted by molar-refractivity contribution is 0.665. The van der Waals surface area contributed by atoms with Gasteiger partial charge in [0.05, 0.1) is 0 Å². The van der Waals surface area contributed by atoms with Crippen molar-refractivity contribution in [1.82, 2.24) is 0 Å². The van der Waals surface area contributed by atoms with Crippen molar-refractivity contribution in [2.24, 2.45) is 5.92 Å². The molecule has 0 saturated carbocycles. The van der Waals surface area contributed by atoms with E-state index in [4.69, 9.17) is 0 Å². The summed E-state index contributed by atoms with van der Waals surface area (Å²) < 4.78 is 0. The molecule has 13 heavy (non-hydrogen) atoms. The summed E-state index contributed by atoms with van der Waals surface area (Å²) in [5.41, 5.74) is 2.62. The summed E-state index contributed by atoms with van der Waals surface area (Å²) in [4.78, 5) is 0. The molecule has 0 spiro atoms. The van der Waals surface area contributed by atoms with Crippen LogP contribution in [0.25, 0.3) is 6.08 Å². The molecule has 0 nitrogen and oxygen atoms in total. The SMILES string of the molecule is Cc1ccc(C=CCC(C)C)cc1. The minimum Gasteiger partial charge on any atom is -0.0837 e. The first-order valence-electron chi connectivity index (χ1n) is 4.91. The van der Waals surface area contributed by atoms with Crippen molar-refractivity contribution >= 4 is 6.08 Å². The van der Waals surface area contributed by atoms with Crippen molar-refractivity contribution in [1.29, 1.82) is 0 Å². The number of hydrogen-bond donors (Lipinski definition) is 0. The zero-order valence-electron chi connectivity index (χ0n) is 8.75. The van der Waals surface area contributed by atoms with E-state index in [2.05, 4.69) is 57.2 Å². The lowest BCUT2D eigenvalue weighted by atomic mass is 10.1. The average Bonchev–Trinajstić information content (AvgIpc) is 2.08. The second-order valence-corrected chi connectivity index (χ2v) is 3.94. The van der Waals surface area contributed by atoms with Crippen molar-refractivity contribution in [3.05, 3.63) is 41.5 Å². The Morgan fingerprint density at radius 1 is 1.15 bits per heavy atom. The molecule has 0 radical (unpaired) electrons. The van der Waals surface area contributed by atoms with Gasteiger partial charge in [-0.25, -0.2) is 0 Å². The minimum atomic E-state index is 0.752. The molecule has 0 unspecified atom stereocenters. The van der Waals surface area contributed by atoms with E-state index in [-0.39, 0.29) is 0 Å². The Hall–Kier alpha value is -1.04. The van der Waals surface area contributed by atoms with E-state index >= 15 is 0 Å². The molecule has 1 aromatic rings. The average molecular weight is 174 g/mol. The van der Waals surface area contributed by atoms with Crippen LogP contribution in [0.1, 0.15) is 31.4 Å². The molecule has 0 bridgehead atoms.